The summed E-state index contributed by atoms with van der Waals surface area (Å²) in [6.45, 7) is 0. The molecule has 0 saturated heterocycles. The van der Waals surface area contributed by atoms with Crippen molar-refractivity contribution in [3.63, 3.8) is 0 Å². The number of nitrogen functional groups attached to an aromatic ring is 1. The van der Waals surface area contributed by atoms with Crippen molar-refractivity contribution in [2.45, 2.75) is 25.0 Å². The summed E-state index contributed by atoms with van der Waals surface area (Å²) in [4.78, 5) is 25.8. The highest BCUT2D eigenvalue weighted by atomic mass is 32.2. The predicted octanol–water partition coefficient (Wildman–Crippen LogP) is 1.10. The summed E-state index contributed by atoms with van der Waals surface area (Å²) in [7, 11) is 5.16. The maximum absolute atomic E-state index is 11.4. The molecule has 1 aliphatic carbocycles. The minimum absolute atomic E-state index is 0.112. The van der Waals surface area contributed by atoms with E-state index in [0.717, 1.165) is 18.6 Å². The van der Waals surface area contributed by atoms with E-state index in [2.05, 4.69) is 15.0 Å². The van der Waals surface area contributed by atoms with Gasteiger partial charge in [-0.15, -0.1) is 0 Å². The van der Waals surface area contributed by atoms with Crippen LogP contribution in [0.25, 0.3) is 0 Å². The zero-order valence-corrected chi connectivity index (χ0v) is 13.4. The summed E-state index contributed by atoms with van der Waals surface area (Å²) in [5.74, 6) is 2.91. The van der Waals surface area contributed by atoms with Crippen molar-refractivity contribution in [1.82, 2.24) is 15.0 Å². The van der Waals surface area contributed by atoms with Crippen molar-refractivity contribution < 1.29 is 9.53 Å². The quantitative estimate of drug-likeness (QED) is 0.748. The van der Waals surface area contributed by atoms with Crippen molar-refractivity contribution in [3.05, 3.63) is 5.82 Å². The number of nitrogens with zero attached hydrogens (tertiary/aromatic N) is 4. The topological polar surface area (TPSA) is 94.2 Å². The van der Waals surface area contributed by atoms with Gasteiger partial charge in [0.1, 0.15) is 5.82 Å². The Labute approximate surface area is 128 Å². The van der Waals surface area contributed by atoms with Crippen LogP contribution in [0.1, 0.15) is 25.1 Å². The smallest absolute Gasteiger partial charge is 0.306 e. The maximum Gasteiger partial charge on any atom is 0.306 e. The summed E-state index contributed by atoms with van der Waals surface area (Å²) in [5.41, 5.74) is 5.80. The molecule has 0 spiro atoms. The fourth-order valence-corrected chi connectivity index (χ4v) is 3.21. The van der Waals surface area contributed by atoms with Gasteiger partial charge in [0.05, 0.1) is 19.3 Å². The van der Waals surface area contributed by atoms with Gasteiger partial charge in [0.15, 0.2) is 0 Å². The first-order valence-electron chi connectivity index (χ1n) is 6.76. The average molecular weight is 311 g/mol. The molecule has 0 aromatic carbocycles. The zero-order chi connectivity index (χ0) is 15.5. The van der Waals surface area contributed by atoms with Crippen LogP contribution >= 0.6 is 11.8 Å². The number of carbonyl (C=O) groups is 1. The number of hydrogen-bond donors (Lipinski definition) is 1. The molecule has 2 N–H and O–H groups in total. The Morgan fingerprint density at radius 3 is 2.67 bits per heavy atom. The van der Waals surface area contributed by atoms with Gasteiger partial charge in [-0.1, -0.05) is 0 Å². The van der Waals surface area contributed by atoms with Crippen molar-refractivity contribution in [3.8, 4) is 0 Å². The normalized spacial score (nSPS) is 15.6. The van der Waals surface area contributed by atoms with Gasteiger partial charge in [0.25, 0.3) is 0 Å². The van der Waals surface area contributed by atoms with Crippen LogP contribution in [0.5, 0.6) is 0 Å². The predicted molar refractivity (Wildman–Crippen MR) is 83.0 cm³/mol. The van der Waals surface area contributed by atoms with Crippen LogP contribution in [0, 0.1) is 5.41 Å². The summed E-state index contributed by atoms with van der Waals surface area (Å²) in [6.07, 6.45) is 2.66. The highest BCUT2D eigenvalue weighted by Gasteiger charge is 2.44. The van der Waals surface area contributed by atoms with Gasteiger partial charge >= 0.3 is 5.97 Å². The number of nitrogens with two attached hydrogens (primary N) is 1. The standard InChI is InChI=1S/C13H21N5O2S/c1-18(2)12-16-9(15-11(14)17-12)7-21-8-13(4-5-13)6-10(19)20-3/h4-8H2,1-3H3,(H2,14,15,16,17). The van der Waals surface area contributed by atoms with E-state index < -0.39 is 0 Å². The number of methoxy groups -OCH3 is 1. The Morgan fingerprint density at radius 2 is 2.10 bits per heavy atom. The molecule has 0 unspecified atom stereocenters. The molecule has 0 amide bonds. The molecular formula is C13H21N5O2S. The molecule has 1 heterocycles. The zero-order valence-electron chi connectivity index (χ0n) is 12.6. The molecule has 0 aliphatic heterocycles. The third-order valence-corrected chi connectivity index (χ3v) is 4.71. The molecule has 0 radical (unpaired) electrons. The molecule has 1 fully saturated rings. The Kier molecular flexibility index (Phi) is 4.87. The SMILES string of the molecule is COC(=O)CC1(CSCc2nc(N)nc(N(C)C)n2)CC1. The van der Waals surface area contributed by atoms with Crippen LogP contribution in [0.2, 0.25) is 0 Å². The third kappa shape index (κ3) is 4.45. The highest BCUT2D eigenvalue weighted by molar-refractivity contribution is 7.98. The Morgan fingerprint density at radius 1 is 1.38 bits per heavy atom. The van der Waals surface area contributed by atoms with E-state index in [-0.39, 0.29) is 17.3 Å². The van der Waals surface area contributed by atoms with Gasteiger partial charge in [0.2, 0.25) is 11.9 Å². The Bertz CT molecular complexity index is 519. The summed E-state index contributed by atoms with van der Waals surface area (Å²) < 4.78 is 4.75. The maximum atomic E-state index is 11.4. The Balaban J connectivity index is 1.88. The first-order chi connectivity index (χ1) is 9.94. The first-order valence-corrected chi connectivity index (χ1v) is 7.92. The Hall–Kier alpha value is -1.57. The molecule has 21 heavy (non-hydrogen) atoms. The lowest BCUT2D eigenvalue weighted by molar-refractivity contribution is -0.141. The molecule has 1 aromatic heterocycles. The first kappa shape index (κ1) is 15.8. The number of hydrogen-bond acceptors (Lipinski definition) is 8. The largest absolute Gasteiger partial charge is 0.469 e. The molecule has 1 aliphatic rings. The number of carbonyl (C=O) groups excluding carboxylic acids is 1. The number of anilines is 2. The molecule has 0 atom stereocenters. The van der Waals surface area contributed by atoms with Gasteiger partial charge in [0, 0.05) is 14.1 Å². The second-order valence-electron chi connectivity index (χ2n) is 5.55. The van der Waals surface area contributed by atoms with E-state index in [4.69, 9.17) is 10.5 Å². The van der Waals surface area contributed by atoms with Crippen LogP contribution in [0.3, 0.4) is 0 Å². The van der Waals surface area contributed by atoms with Crippen LogP contribution < -0.4 is 10.6 Å². The molecular weight excluding hydrogens is 290 g/mol. The lowest BCUT2D eigenvalue weighted by atomic mass is 10.1. The highest BCUT2D eigenvalue weighted by Crippen LogP contribution is 2.51. The van der Waals surface area contributed by atoms with E-state index in [1.54, 1.807) is 16.7 Å². The van der Waals surface area contributed by atoms with E-state index in [0.29, 0.717) is 23.9 Å². The molecule has 116 valence electrons. The number of thioether (sulfide) groups is 1. The van der Waals surface area contributed by atoms with Gasteiger partial charge in [-0.2, -0.15) is 26.7 Å². The van der Waals surface area contributed by atoms with Crippen molar-refractivity contribution >= 4 is 29.6 Å². The van der Waals surface area contributed by atoms with Crippen LogP contribution in [-0.2, 0) is 15.3 Å². The number of aromatic nitrogens is 3. The summed E-state index contributed by atoms with van der Waals surface area (Å²) in [5, 5.41) is 0. The van der Waals surface area contributed by atoms with Gasteiger partial charge < -0.3 is 15.4 Å². The van der Waals surface area contributed by atoms with Gasteiger partial charge in [-0.05, 0) is 24.0 Å². The molecule has 1 aromatic rings. The summed E-state index contributed by atoms with van der Waals surface area (Å²) in [6, 6.07) is 0. The minimum atomic E-state index is -0.132. The van der Waals surface area contributed by atoms with Crippen LogP contribution in [0.15, 0.2) is 0 Å². The fraction of sp³-hybridized carbons (Fsp3) is 0.692. The number of rotatable bonds is 7. The number of esters is 1. The van der Waals surface area contributed by atoms with Crippen molar-refractivity contribution in [2.24, 2.45) is 5.41 Å². The average Bonchev–Trinajstić information content (AvgIpc) is 3.17. The lowest BCUT2D eigenvalue weighted by Gasteiger charge is -2.14. The van der Waals surface area contributed by atoms with E-state index in [1.165, 1.54) is 7.11 Å². The molecule has 8 heteroatoms. The van der Waals surface area contributed by atoms with Crippen LogP contribution in [0.4, 0.5) is 11.9 Å². The van der Waals surface area contributed by atoms with Crippen molar-refractivity contribution in [1.29, 1.82) is 0 Å². The minimum Gasteiger partial charge on any atom is -0.469 e. The molecule has 7 nitrogen and oxygen atoms in total. The second kappa shape index (κ2) is 6.46. The third-order valence-electron chi connectivity index (χ3n) is 3.43. The van der Waals surface area contributed by atoms with Gasteiger partial charge in [-0.3, -0.25) is 4.79 Å². The molecule has 2 rings (SSSR count). The fourth-order valence-electron chi connectivity index (χ4n) is 1.98. The lowest BCUT2D eigenvalue weighted by Crippen LogP contribution is -2.16. The van der Waals surface area contributed by atoms with E-state index >= 15 is 0 Å². The van der Waals surface area contributed by atoms with E-state index in [1.807, 2.05) is 14.1 Å². The monoisotopic (exact) mass is 311 g/mol. The van der Waals surface area contributed by atoms with E-state index in [9.17, 15) is 4.79 Å². The van der Waals surface area contributed by atoms with Gasteiger partial charge in [-0.25, -0.2) is 0 Å². The summed E-state index contributed by atoms with van der Waals surface area (Å²) >= 11 is 1.72. The molecule has 1 saturated carbocycles. The second-order valence-corrected chi connectivity index (χ2v) is 6.54. The molecule has 0 bridgehead atoms. The number of ether oxygens (including phenoxy) is 1. The van der Waals surface area contributed by atoms with Crippen LogP contribution in [-0.4, -0.2) is 47.9 Å². The van der Waals surface area contributed by atoms with Crippen molar-refractivity contribution in [2.75, 3.05) is 37.6 Å².